The molecule has 12 heavy (non-hydrogen) atoms. The number of halogens is 1. The first-order valence-electron chi connectivity index (χ1n) is 4.10. The zero-order chi connectivity index (χ0) is 9.14. The molecule has 0 fully saturated rings. The van der Waals surface area contributed by atoms with Gasteiger partial charge in [0.15, 0.2) is 0 Å². The van der Waals surface area contributed by atoms with E-state index in [2.05, 4.69) is 0 Å². The highest BCUT2D eigenvalue weighted by atomic mass is 19.1. The third-order valence-corrected chi connectivity index (χ3v) is 2.06. The average molecular weight is 168 g/mol. The molecule has 2 heteroatoms. The molecule has 1 aromatic rings. The van der Waals surface area contributed by atoms with Gasteiger partial charge in [-0.25, -0.2) is 4.39 Å². The van der Waals surface area contributed by atoms with Crippen molar-refractivity contribution >= 4 is 0 Å². The molecule has 0 aliphatic carbocycles. The zero-order valence-electron chi connectivity index (χ0n) is 7.34. The van der Waals surface area contributed by atoms with Gasteiger partial charge in [-0.05, 0) is 30.5 Å². The lowest BCUT2D eigenvalue weighted by Gasteiger charge is -2.11. The lowest BCUT2D eigenvalue weighted by atomic mass is 10.0. The van der Waals surface area contributed by atoms with Crippen LogP contribution in [0.4, 0.5) is 4.39 Å². The van der Waals surface area contributed by atoms with Crippen LogP contribution in [0.1, 0.15) is 30.6 Å². The summed E-state index contributed by atoms with van der Waals surface area (Å²) in [6.45, 7) is 3.55. The first kappa shape index (κ1) is 9.20. The minimum absolute atomic E-state index is 0.250. The molecule has 0 saturated heterocycles. The van der Waals surface area contributed by atoms with E-state index in [0.717, 1.165) is 0 Å². The molecule has 1 aromatic carbocycles. The van der Waals surface area contributed by atoms with Gasteiger partial charge in [0, 0.05) is 0 Å². The maximum Gasteiger partial charge on any atom is 0.126 e. The van der Waals surface area contributed by atoms with Crippen molar-refractivity contribution in [2.75, 3.05) is 0 Å². The summed E-state index contributed by atoms with van der Waals surface area (Å²) in [5.74, 6) is -0.250. The van der Waals surface area contributed by atoms with E-state index in [4.69, 9.17) is 0 Å². The fourth-order valence-electron chi connectivity index (χ4n) is 1.21. The number of aliphatic hydroxyl groups excluding tert-OH is 1. The van der Waals surface area contributed by atoms with Gasteiger partial charge in [-0.3, -0.25) is 0 Å². The standard InChI is InChI=1S/C10H13FO/c1-3-10(12)8-5-4-6-9(11)7(8)2/h4-6,10,12H,3H2,1-2H3/t10-/m0/s1. The molecule has 1 nitrogen and oxygen atoms in total. The second kappa shape index (κ2) is 3.68. The maximum atomic E-state index is 13.0. The summed E-state index contributed by atoms with van der Waals surface area (Å²) in [6.07, 6.45) is 0.0744. The molecule has 0 saturated carbocycles. The second-order valence-corrected chi connectivity index (χ2v) is 2.88. The second-order valence-electron chi connectivity index (χ2n) is 2.88. The van der Waals surface area contributed by atoms with Gasteiger partial charge < -0.3 is 5.11 Å². The number of rotatable bonds is 2. The van der Waals surface area contributed by atoms with E-state index in [1.807, 2.05) is 6.92 Å². The lowest BCUT2D eigenvalue weighted by Crippen LogP contribution is -1.99. The molecule has 0 amide bonds. The zero-order valence-corrected chi connectivity index (χ0v) is 7.34. The molecular formula is C10H13FO. The largest absolute Gasteiger partial charge is 0.388 e. The Hall–Kier alpha value is -0.890. The molecule has 1 N–H and O–H groups in total. The van der Waals surface area contributed by atoms with E-state index in [1.165, 1.54) is 6.07 Å². The molecule has 0 bridgehead atoms. The Bertz CT molecular complexity index is 271. The fraction of sp³-hybridized carbons (Fsp3) is 0.400. The molecule has 1 rings (SSSR count). The summed E-state index contributed by atoms with van der Waals surface area (Å²) in [5, 5.41) is 9.47. The van der Waals surface area contributed by atoms with E-state index >= 15 is 0 Å². The Balaban J connectivity index is 3.07. The van der Waals surface area contributed by atoms with Crippen LogP contribution in [0.3, 0.4) is 0 Å². The predicted octanol–water partition coefficient (Wildman–Crippen LogP) is 2.58. The van der Waals surface area contributed by atoms with E-state index < -0.39 is 6.10 Å². The first-order valence-corrected chi connectivity index (χ1v) is 4.10. The third kappa shape index (κ3) is 1.64. The SMILES string of the molecule is CC[C@H](O)c1cccc(F)c1C. The van der Waals surface area contributed by atoms with E-state index in [0.29, 0.717) is 17.5 Å². The summed E-state index contributed by atoms with van der Waals surface area (Å²) in [7, 11) is 0. The molecule has 0 aliphatic rings. The van der Waals surface area contributed by atoms with Crippen LogP contribution in [0.5, 0.6) is 0 Å². The van der Waals surface area contributed by atoms with Gasteiger partial charge in [-0.1, -0.05) is 19.1 Å². The van der Waals surface area contributed by atoms with Crippen molar-refractivity contribution in [3.8, 4) is 0 Å². The Kier molecular flexibility index (Phi) is 2.82. The molecule has 0 aromatic heterocycles. The summed E-state index contributed by atoms with van der Waals surface area (Å²) < 4.78 is 13.0. The van der Waals surface area contributed by atoms with Crippen molar-refractivity contribution in [3.63, 3.8) is 0 Å². The minimum Gasteiger partial charge on any atom is -0.388 e. The van der Waals surface area contributed by atoms with Crippen molar-refractivity contribution < 1.29 is 9.50 Å². The smallest absolute Gasteiger partial charge is 0.126 e. The van der Waals surface area contributed by atoms with Crippen molar-refractivity contribution in [2.24, 2.45) is 0 Å². The van der Waals surface area contributed by atoms with Crippen LogP contribution in [0.2, 0.25) is 0 Å². The van der Waals surface area contributed by atoms with Gasteiger partial charge in [0.25, 0.3) is 0 Å². The predicted molar refractivity (Wildman–Crippen MR) is 46.4 cm³/mol. The Morgan fingerprint density at radius 2 is 2.17 bits per heavy atom. The van der Waals surface area contributed by atoms with Crippen molar-refractivity contribution in [3.05, 3.63) is 35.1 Å². The van der Waals surface area contributed by atoms with Gasteiger partial charge >= 0.3 is 0 Å². The highest BCUT2D eigenvalue weighted by molar-refractivity contribution is 5.28. The van der Waals surface area contributed by atoms with E-state index in [1.54, 1.807) is 19.1 Å². The van der Waals surface area contributed by atoms with E-state index in [-0.39, 0.29) is 5.82 Å². The number of aliphatic hydroxyl groups is 1. The van der Waals surface area contributed by atoms with Crippen LogP contribution in [0.25, 0.3) is 0 Å². The molecular weight excluding hydrogens is 155 g/mol. The topological polar surface area (TPSA) is 20.2 Å². The average Bonchev–Trinajstić information content (AvgIpc) is 2.08. The molecule has 0 unspecified atom stereocenters. The van der Waals surface area contributed by atoms with Crippen LogP contribution in [0, 0.1) is 12.7 Å². The molecule has 66 valence electrons. The highest BCUT2D eigenvalue weighted by Crippen LogP contribution is 2.21. The molecule has 0 aliphatic heterocycles. The highest BCUT2D eigenvalue weighted by Gasteiger charge is 2.09. The minimum atomic E-state index is -0.541. The van der Waals surface area contributed by atoms with Crippen LogP contribution < -0.4 is 0 Å². The van der Waals surface area contributed by atoms with Crippen LogP contribution in [-0.2, 0) is 0 Å². The van der Waals surface area contributed by atoms with Gasteiger partial charge in [0.1, 0.15) is 5.82 Å². The maximum absolute atomic E-state index is 13.0. The van der Waals surface area contributed by atoms with Crippen LogP contribution >= 0.6 is 0 Å². The third-order valence-electron chi connectivity index (χ3n) is 2.06. The van der Waals surface area contributed by atoms with Gasteiger partial charge in [0.2, 0.25) is 0 Å². The van der Waals surface area contributed by atoms with Crippen LogP contribution in [0.15, 0.2) is 18.2 Å². The fourth-order valence-corrected chi connectivity index (χ4v) is 1.21. The van der Waals surface area contributed by atoms with Crippen molar-refractivity contribution in [2.45, 2.75) is 26.4 Å². The summed E-state index contributed by atoms with van der Waals surface area (Å²) in [4.78, 5) is 0. The van der Waals surface area contributed by atoms with Crippen molar-refractivity contribution in [1.82, 2.24) is 0 Å². The first-order chi connectivity index (χ1) is 5.66. The monoisotopic (exact) mass is 168 g/mol. The van der Waals surface area contributed by atoms with Gasteiger partial charge in [-0.15, -0.1) is 0 Å². The lowest BCUT2D eigenvalue weighted by molar-refractivity contribution is 0.172. The van der Waals surface area contributed by atoms with Crippen LogP contribution in [-0.4, -0.2) is 5.11 Å². The van der Waals surface area contributed by atoms with E-state index in [9.17, 15) is 9.50 Å². The normalized spacial score (nSPS) is 13.0. The number of hydrogen-bond donors (Lipinski definition) is 1. The van der Waals surface area contributed by atoms with Gasteiger partial charge in [0.05, 0.1) is 6.10 Å². The molecule has 0 heterocycles. The quantitative estimate of drug-likeness (QED) is 0.719. The Labute approximate surface area is 71.9 Å². The summed E-state index contributed by atoms with van der Waals surface area (Å²) in [6, 6.07) is 4.78. The Morgan fingerprint density at radius 3 is 2.75 bits per heavy atom. The number of benzene rings is 1. The Morgan fingerprint density at radius 1 is 1.50 bits per heavy atom. The summed E-state index contributed by atoms with van der Waals surface area (Å²) in [5.41, 5.74) is 1.24. The molecule has 0 radical (unpaired) electrons. The molecule has 0 spiro atoms. The number of hydrogen-bond acceptors (Lipinski definition) is 1. The van der Waals surface area contributed by atoms with Crippen molar-refractivity contribution in [1.29, 1.82) is 0 Å². The summed E-state index contributed by atoms with van der Waals surface area (Å²) >= 11 is 0. The molecule has 1 atom stereocenters. The van der Waals surface area contributed by atoms with Gasteiger partial charge in [-0.2, -0.15) is 0 Å².